The molecule has 0 spiro atoms. The summed E-state index contributed by atoms with van der Waals surface area (Å²) in [5, 5.41) is 22.0. The van der Waals surface area contributed by atoms with Crippen LogP contribution in [0.4, 0.5) is 0 Å². The molecular formula is C22H27ClN2O2. The van der Waals surface area contributed by atoms with Crippen molar-refractivity contribution in [1.29, 1.82) is 0 Å². The third-order valence-corrected chi connectivity index (χ3v) is 6.45. The molecule has 144 valence electrons. The van der Waals surface area contributed by atoms with E-state index in [1.807, 2.05) is 30.3 Å². The smallest absolute Gasteiger partial charge is 0.0965 e. The number of β-amino-alcohol motifs (C(OH)–C–C–N with tert-alkyl or cyclic N) is 1. The molecule has 27 heavy (non-hydrogen) atoms. The monoisotopic (exact) mass is 386 g/mol. The van der Waals surface area contributed by atoms with E-state index in [0.717, 1.165) is 55.1 Å². The highest BCUT2D eigenvalue weighted by Crippen LogP contribution is 2.35. The van der Waals surface area contributed by atoms with Gasteiger partial charge in [0, 0.05) is 30.2 Å². The number of rotatable bonds is 3. The first-order valence-electron chi connectivity index (χ1n) is 9.88. The SMILES string of the molecule is OC1CN(C[C@@H]2CCc3cccnc3[C@@H](O)C2)CCC1c1ccccc1Cl. The molecular weight excluding hydrogens is 360 g/mol. The van der Waals surface area contributed by atoms with Gasteiger partial charge in [-0.2, -0.15) is 0 Å². The highest BCUT2D eigenvalue weighted by Gasteiger charge is 2.32. The summed E-state index contributed by atoms with van der Waals surface area (Å²) in [6.45, 7) is 2.52. The number of hydrogen-bond donors (Lipinski definition) is 2. The zero-order chi connectivity index (χ0) is 18.8. The van der Waals surface area contributed by atoms with Crippen molar-refractivity contribution in [2.75, 3.05) is 19.6 Å². The number of likely N-dealkylation sites (tertiary alicyclic amines) is 1. The molecule has 1 aromatic carbocycles. The summed E-state index contributed by atoms with van der Waals surface area (Å²) in [6, 6.07) is 11.9. The number of nitrogens with zero attached hydrogens (tertiary/aromatic N) is 2. The highest BCUT2D eigenvalue weighted by atomic mass is 35.5. The number of aliphatic hydroxyl groups excluding tert-OH is 2. The maximum Gasteiger partial charge on any atom is 0.0965 e. The van der Waals surface area contributed by atoms with Crippen molar-refractivity contribution in [3.63, 3.8) is 0 Å². The Morgan fingerprint density at radius 3 is 2.78 bits per heavy atom. The van der Waals surface area contributed by atoms with Crippen molar-refractivity contribution in [3.05, 3.63) is 64.4 Å². The molecule has 0 radical (unpaired) electrons. The van der Waals surface area contributed by atoms with Crippen molar-refractivity contribution < 1.29 is 10.2 Å². The van der Waals surface area contributed by atoms with Crippen molar-refractivity contribution in [2.45, 2.75) is 43.8 Å². The van der Waals surface area contributed by atoms with Gasteiger partial charge in [-0.25, -0.2) is 0 Å². The zero-order valence-corrected chi connectivity index (χ0v) is 16.2. The van der Waals surface area contributed by atoms with E-state index in [1.165, 1.54) is 5.56 Å². The van der Waals surface area contributed by atoms with Gasteiger partial charge < -0.3 is 15.1 Å². The Balaban J connectivity index is 1.37. The summed E-state index contributed by atoms with van der Waals surface area (Å²) in [4.78, 5) is 6.74. The predicted octanol–water partition coefficient (Wildman–Crippen LogP) is 3.57. The summed E-state index contributed by atoms with van der Waals surface area (Å²) in [5.74, 6) is 0.515. The van der Waals surface area contributed by atoms with Gasteiger partial charge in [0.25, 0.3) is 0 Å². The first-order chi connectivity index (χ1) is 13.1. The number of benzene rings is 1. The molecule has 0 bridgehead atoms. The molecule has 4 atom stereocenters. The predicted molar refractivity (Wildman–Crippen MR) is 107 cm³/mol. The molecule has 4 rings (SSSR count). The van der Waals surface area contributed by atoms with Crippen LogP contribution in [0.1, 0.15) is 48.1 Å². The van der Waals surface area contributed by atoms with Gasteiger partial charge in [0.1, 0.15) is 0 Å². The van der Waals surface area contributed by atoms with E-state index >= 15 is 0 Å². The number of fused-ring (bicyclic) bond motifs is 1. The molecule has 1 aliphatic heterocycles. The van der Waals surface area contributed by atoms with Crippen LogP contribution in [0, 0.1) is 5.92 Å². The standard InChI is InChI=1S/C22H27ClN2O2/c23-19-6-2-1-5-17(19)18-9-11-25(14-21(18)27)13-15-7-8-16-4-3-10-24-22(16)20(26)12-15/h1-6,10,15,18,20-21,26-27H,7-9,11-14H2/t15-,18?,20+,21?/m1/s1. The number of aryl methyl sites for hydroxylation is 1. The van der Waals surface area contributed by atoms with E-state index in [-0.39, 0.29) is 5.92 Å². The maximum absolute atomic E-state index is 10.7. The molecule has 0 saturated carbocycles. The summed E-state index contributed by atoms with van der Waals surface area (Å²) in [6.07, 6.45) is 4.53. The van der Waals surface area contributed by atoms with E-state index in [1.54, 1.807) is 6.20 Å². The minimum Gasteiger partial charge on any atom is -0.391 e. The van der Waals surface area contributed by atoms with Crippen molar-refractivity contribution in [3.8, 4) is 0 Å². The zero-order valence-electron chi connectivity index (χ0n) is 15.5. The van der Waals surface area contributed by atoms with Crippen LogP contribution in [0.15, 0.2) is 42.6 Å². The van der Waals surface area contributed by atoms with Crippen LogP contribution in [0.2, 0.25) is 5.02 Å². The van der Waals surface area contributed by atoms with Crippen LogP contribution in [0.3, 0.4) is 0 Å². The lowest BCUT2D eigenvalue weighted by molar-refractivity contribution is 0.0374. The molecule has 0 amide bonds. The van der Waals surface area contributed by atoms with Gasteiger partial charge in [0.05, 0.1) is 17.9 Å². The second kappa shape index (κ2) is 8.27. The van der Waals surface area contributed by atoms with Gasteiger partial charge >= 0.3 is 0 Å². The molecule has 1 saturated heterocycles. The van der Waals surface area contributed by atoms with Crippen LogP contribution in [-0.4, -0.2) is 45.8 Å². The number of aliphatic hydroxyl groups is 2. The Labute approximate surface area is 165 Å². The lowest BCUT2D eigenvalue weighted by Crippen LogP contribution is -2.44. The van der Waals surface area contributed by atoms with Gasteiger partial charge in [-0.15, -0.1) is 0 Å². The molecule has 2 aromatic rings. The topological polar surface area (TPSA) is 56.6 Å². The Bertz CT molecular complexity index is 784. The lowest BCUT2D eigenvalue weighted by atomic mass is 9.86. The van der Waals surface area contributed by atoms with Crippen LogP contribution < -0.4 is 0 Å². The summed E-state index contributed by atoms with van der Waals surface area (Å²) >= 11 is 6.33. The van der Waals surface area contributed by atoms with Gasteiger partial charge in [0.15, 0.2) is 0 Å². The number of aromatic nitrogens is 1. The summed E-state index contributed by atoms with van der Waals surface area (Å²) < 4.78 is 0. The number of hydrogen-bond acceptors (Lipinski definition) is 4. The Morgan fingerprint density at radius 2 is 1.96 bits per heavy atom. The first-order valence-corrected chi connectivity index (χ1v) is 10.3. The fourth-order valence-electron chi connectivity index (χ4n) is 4.70. The fraction of sp³-hybridized carbons (Fsp3) is 0.500. The van der Waals surface area contributed by atoms with Crippen molar-refractivity contribution in [1.82, 2.24) is 9.88 Å². The number of halogens is 1. The summed E-state index contributed by atoms with van der Waals surface area (Å²) in [5.41, 5.74) is 3.07. The Morgan fingerprint density at radius 1 is 1.11 bits per heavy atom. The van der Waals surface area contributed by atoms with Gasteiger partial charge in [-0.1, -0.05) is 35.9 Å². The van der Waals surface area contributed by atoms with E-state index in [0.29, 0.717) is 12.5 Å². The third kappa shape index (κ3) is 4.19. The van der Waals surface area contributed by atoms with Crippen LogP contribution in [-0.2, 0) is 6.42 Å². The minimum absolute atomic E-state index is 0.100. The molecule has 1 aliphatic carbocycles. The van der Waals surface area contributed by atoms with Crippen LogP contribution >= 0.6 is 11.6 Å². The quantitative estimate of drug-likeness (QED) is 0.792. The molecule has 2 heterocycles. The number of pyridine rings is 1. The van der Waals surface area contributed by atoms with Crippen molar-refractivity contribution in [2.24, 2.45) is 5.92 Å². The van der Waals surface area contributed by atoms with Gasteiger partial charge in [-0.3, -0.25) is 4.98 Å². The molecule has 2 unspecified atom stereocenters. The van der Waals surface area contributed by atoms with Gasteiger partial charge in [0.2, 0.25) is 0 Å². The van der Waals surface area contributed by atoms with E-state index in [9.17, 15) is 10.2 Å². The normalized spacial score (nSPS) is 29.1. The second-order valence-corrected chi connectivity index (χ2v) is 8.35. The largest absolute Gasteiger partial charge is 0.391 e. The molecule has 1 aromatic heterocycles. The van der Waals surface area contributed by atoms with E-state index in [4.69, 9.17) is 11.6 Å². The highest BCUT2D eigenvalue weighted by molar-refractivity contribution is 6.31. The van der Waals surface area contributed by atoms with E-state index in [2.05, 4.69) is 16.0 Å². The van der Waals surface area contributed by atoms with Crippen LogP contribution in [0.25, 0.3) is 0 Å². The lowest BCUT2D eigenvalue weighted by Gasteiger charge is -2.38. The fourth-order valence-corrected chi connectivity index (χ4v) is 4.98. The third-order valence-electron chi connectivity index (χ3n) is 6.11. The van der Waals surface area contributed by atoms with Crippen LogP contribution in [0.5, 0.6) is 0 Å². The average molecular weight is 387 g/mol. The molecule has 5 heteroatoms. The molecule has 1 fully saturated rings. The summed E-state index contributed by atoms with van der Waals surface area (Å²) in [7, 11) is 0. The molecule has 2 aliphatic rings. The molecule has 4 nitrogen and oxygen atoms in total. The Hall–Kier alpha value is -1.46. The molecule has 2 N–H and O–H groups in total. The van der Waals surface area contributed by atoms with Gasteiger partial charge in [-0.05, 0) is 61.4 Å². The average Bonchev–Trinajstić information content (AvgIpc) is 2.82. The van der Waals surface area contributed by atoms with Crippen molar-refractivity contribution >= 4 is 11.6 Å². The Kier molecular flexibility index (Phi) is 5.79. The maximum atomic E-state index is 10.7. The number of piperidine rings is 1. The second-order valence-electron chi connectivity index (χ2n) is 7.95. The minimum atomic E-state index is -0.487. The van der Waals surface area contributed by atoms with E-state index < -0.39 is 12.2 Å². The first kappa shape index (κ1) is 18.9.